The summed E-state index contributed by atoms with van der Waals surface area (Å²) in [5, 5.41) is 2.82. The van der Waals surface area contributed by atoms with Gasteiger partial charge in [-0.25, -0.2) is 19.6 Å². The molecule has 0 amide bonds. The van der Waals surface area contributed by atoms with E-state index in [1.807, 2.05) is 14.1 Å². The van der Waals surface area contributed by atoms with Crippen LogP contribution in [0.2, 0.25) is 0 Å². The van der Waals surface area contributed by atoms with Gasteiger partial charge in [0.05, 0.1) is 0 Å². The maximum Gasteiger partial charge on any atom is 0.178 e. The van der Waals surface area contributed by atoms with Gasteiger partial charge in [0.15, 0.2) is 23.3 Å². The van der Waals surface area contributed by atoms with Crippen molar-refractivity contribution in [3.8, 4) is 0 Å². The summed E-state index contributed by atoms with van der Waals surface area (Å²) in [6.45, 7) is 1.55. The van der Waals surface area contributed by atoms with Crippen molar-refractivity contribution in [3.05, 3.63) is 17.7 Å². The third-order valence-corrected chi connectivity index (χ3v) is 2.39. The summed E-state index contributed by atoms with van der Waals surface area (Å²) >= 11 is 0. The first-order valence-corrected chi connectivity index (χ1v) is 5.76. The van der Waals surface area contributed by atoms with E-state index in [0.717, 1.165) is 25.5 Å². The lowest BCUT2D eigenvalue weighted by molar-refractivity contribution is 0.396. The lowest BCUT2D eigenvalue weighted by atomic mass is 10.3. The highest BCUT2D eigenvalue weighted by Gasteiger charge is 2.10. The standard InChI is InChI=1S/C11H19F2N5/c1-18(2)6-4-3-5-15-10-8(12)7-9(13)11(16-10)17-14/h7H,3-6,14H2,1-2H3,(H2,15,16,17). The summed E-state index contributed by atoms with van der Waals surface area (Å²) in [7, 11) is 3.99. The molecular formula is C11H19F2N5. The first kappa shape index (κ1) is 14.6. The molecule has 1 rings (SSSR count). The molecule has 1 aromatic heterocycles. The number of unbranched alkanes of at least 4 members (excludes halogenated alkanes) is 1. The van der Waals surface area contributed by atoms with Crippen LogP contribution in [-0.2, 0) is 0 Å². The van der Waals surface area contributed by atoms with Crippen LogP contribution in [0.25, 0.3) is 0 Å². The number of rotatable bonds is 7. The van der Waals surface area contributed by atoms with Crippen LogP contribution < -0.4 is 16.6 Å². The highest BCUT2D eigenvalue weighted by Crippen LogP contribution is 2.18. The molecule has 0 aliphatic rings. The molecule has 0 bridgehead atoms. The molecule has 1 heterocycles. The van der Waals surface area contributed by atoms with Gasteiger partial charge in [-0.2, -0.15) is 0 Å². The Morgan fingerprint density at radius 3 is 2.50 bits per heavy atom. The van der Waals surface area contributed by atoms with E-state index in [1.165, 1.54) is 0 Å². The molecule has 0 radical (unpaired) electrons. The third-order valence-electron chi connectivity index (χ3n) is 2.39. The molecule has 0 aromatic carbocycles. The number of hydrazine groups is 1. The number of nitrogen functional groups attached to an aromatic ring is 1. The molecule has 5 nitrogen and oxygen atoms in total. The van der Waals surface area contributed by atoms with E-state index >= 15 is 0 Å². The summed E-state index contributed by atoms with van der Waals surface area (Å²) in [6, 6.07) is 0.754. The average Bonchev–Trinajstić information content (AvgIpc) is 2.30. The maximum absolute atomic E-state index is 13.4. The average molecular weight is 259 g/mol. The summed E-state index contributed by atoms with van der Waals surface area (Å²) in [5.41, 5.74) is 2.08. The van der Waals surface area contributed by atoms with E-state index < -0.39 is 11.6 Å². The summed E-state index contributed by atoms with van der Waals surface area (Å²) in [5.74, 6) is 3.37. The second-order valence-corrected chi connectivity index (χ2v) is 4.23. The maximum atomic E-state index is 13.4. The molecule has 0 unspecified atom stereocenters. The minimum atomic E-state index is -0.812. The second kappa shape index (κ2) is 7.07. The van der Waals surface area contributed by atoms with Crippen molar-refractivity contribution in [2.45, 2.75) is 12.8 Å². The predicted molar refractivity (Wildman–Crippen MR) is 68.2 cm³/mol. The van der Waals surface area contributed by atoms with Crippen LogP contribution in [0.5, 0.6) is 0 Å². The Morgan fingerprint density at radius 2 is 1.89 bits per heavy atom. The molecule has 0 fully saturated rings. The van der Waals surface area contributed by atoms with E-state index in [9.17, 15) is 8.78 Å². The Bertz CT molecular complexity index is 384. The molecule has 0 saturated carbocycles. The number of aromatic nitrogens is 1. The fraction of sp³-hybridized carbons (Fsp3) is 0.545. The molecule has 1 aromatic rings. The number of hydrogen-bond acceptors (Lipinski definition) is 5. The molecule has 7 heteroatoms. The van der Waals surface area contributed by atoms with E-state index in [-0.39, 0.29) is 11.6 Å². The van der Waals surface area contributed by atoms with Crippen LogP contribution >= 0.6 is 0 Å². The summed E-state index contributed by atoms with van der Waals surface area (Å²) < 4.78 is 26.4. The van der Waals surface area contributed by atoms with Crippen LogP contribution in [0.1, 0.15) is 12.8 Å². The molecule has 0 aliphatic carbocycles. The first-order chi connectivity index (χ1) is 8.54. The van der Waals surface area contributed by atoms with Crippen molar-refractivity contribution < 1.29 is 8.78 Å². The van der Waals surface area contributed by atoms with Gasteiger partial charge in [0.25, 0.3) is 0 Å². The predicted octanol–water partition coefficient (Wildman–Crippen LogP) is 1.40. The van der Waals surface area contributed by atoms with Crippen LogP contribution in [-0.4, -0.2) is 37.1 Å². The molecule has 18 heavy (non-hydrogen) atoms. The monoisotopic (exact) mass is 259 g/mol. The second-order valence-electron chi connectivity index (χ2n) is 4.23. The van der Waals surface area contributed by atoms with E-state index in [1.54, 1.807) is 0 Å². The zero-order chi connectivity index (χ0) is 13.5. The van der Waals surface area contributed by atoms with Crippen molar-refractivity contribution in [1.29, 1.82) is 0 Å². The molecule has 0 spiro atoms. The Kier molecular flexibility index (Phi) is 5.73. The minimum Gasteiger partial charge on any atom is -0.368 e. The van der Waals surface area contributed by atoms with Gasteiger partial charge in [-0.3, -0.25) is 0 Å². The molecule has 0 aliphatic heterocycles. The molecule has 0 saturated heterocycles. The smallest absolute Gasteiger partial charge is 0.178 e. The van der Waals surface area contributed by atoms with Gasteiger partial charge in [-0.15, -0.1) is 0 Å². The molecular weight excluding hydrogens is 240 g/mol. The zero-order valence-electron chi connectivity index (χ0n) is 10.6. The van der Waals surface area contributed by atoms with Gasteiger partial charge in [-0.1, -0.05) is 0 Å². The summed E-state index contributed by atoms with van der Waals surface area (Å²) in [6.07, 6.45) is 1.87. The normalized spacial score (nSPS) is 10.8. The van der Waals surface area contributed by atoms with Crippen LogP contribution in [0.4, 0.5) is 20.4 Å². The Morgan fingerprint density at radius 1 is 1.22 bits per heavy atom. The van der Waals surface area contributed by atoms with Gasteiger partial charge in [-0.05, 0) is 33.5 Å². The number of nitrogens with zero attached hydrogens (tertiary/aromatic N) is 2. The minimum absolute atomic E-state index is 0.00852. The van der Waals surface area contributed by atoms with Crippen molar-refractivity contribution in [2.24, 2.45) is 5.84 Å². The topological polar surface area (TPSA) is 66.2 Å². The van der Waals surface area contributed by atoms with E-state index in [4.69, 9.17) is 5.84 Å². The van der Waals surface area contributed by atoms with E-state index in [0.29, 0.717) is 6.54 Å². The fourth-order valence-corrected chi connectivity index (χ4v) is 1.45. The van der Waals surface area contributed by atoms with Crippen molar-refractivity contribution >= 4 is 11.6 Å². The lowest BCUT2D eigenvalue weighted by Gasteiger charge is -2.11. The number of anilines is 2. The molecule has 4 N–H and O–H groups in total. The first-order valence-electron chi connectivity index (χ1n) is 5.76. The lowest BCUT2D eigenvalue weighted by Crippen LogP contribution is -2.15. The number of pyridine rings is 1. The van der Waals surface area contributed by atoms with Gasteiger partial charge in [0.1, 0.15) is 0 Å². The summed E-state index contributed by atoms with van der Waals surface area (Å²) in [4.78, 5) is 5.79. The van der Waals surface area contributed by atoms with Gasteiger partial charge in [0, 0.05) is 12.6 Å². The quantitative estimate of drug-likeness (QED) is 0.392. The van der Waals surface area contributed by atoms with Gasteiger partial charge >= 0.3 is 0 Å². The third kappa shape index (κ3) is 4.42. The van der Waals surface area contributed by atoms with Crippen molar-refractivity contribution in [3.63, 3.8) is 0 Å². The molecule has 102 valence electrons. The van der Waals surface area contributed by atoms with Gasteiger partial charge in [0.2, 0.25) is 0 Å². The Hall–Kier alpha value is -1.47. The SMILES string of the molecule is CN(C)CCCCNc1nc(NN)c(F)cc1F. The number of hydrogen-bond donors (Lipinski definition) is 3. The van der Waals surface area contributed by atoms with Crippen LogP contribution in [0.3, 0.4) is 0 Å². The Balaban J connectivity index is 2.47. The van der Waals surface area contributed by atoms with Gasteiger partial charge < -0.3 is 15.6 Å². The zero-order valence-corrected chi connectivity index (χ0v) is 10.6. The fourth-order valence-electron chi connectivity index (χ4n) is 1.45. The number of nitrogens with one attached hydrogen (secondary N) is 2. The largest absolute Gasteiger partial charge is 0.368 e. The highest BCUT2D eigenvalue weighted by atomic mass is 19.1. The van der Waals surface area contributed by atoms with Crippen LogP contribution in [0, 0.1) is 11.6 Å². The number of nitrogens with two attached hydrogens (primary N) is 1. The van der Waals surface area contributed by atoms with Crippen LogP contribution in [0.15, 0.2) is 6.07 Å². The van der Waals surface area contributed by atoms with Crippen molar-refractivity contribution in [2.75, 3.05) is 37.9 Å². The Labute approximate surface area is 105 Å². The van der Waals surface area contributed by atoms with Crippen molar-refractivity contribution in [1.82, 2.24) is 9.88 Å². The number of halogens is 2. The molecule has 0 atom stereocenters. The van der Waals surface area contributed by atoms with E-state index in [2.05, 4.69) is 20.6 Å². The highest BCUT2D eigenvalue weighted by molar-refractivity contribution is 5.46.